The van der Waals surface area contributed by atoms with Crippen molar-refractivity contribution in [3.05, 3.63) is 35.9 Å². The first-order valence-corrected chi connectivity index (χ1v) is 10.5. The molecule has 1 N–H and O–H groups in total. The summed E-state index contributed by atoms with van der Waals surface area (Å²) >= 11 is 0. The van der Waals surface area contributed by atoms with Crippen molar-refractivity contribution in [3.63, 3.8) is 0 Å². The Morgan fingerprint density at radius 1 is 1.07 bits per heavy atom. The minimum atomic E-state index is -0.479. The zero-order valence-corrected chi connectivity index (χ0v) is 17.7. The van der Waals surface area contributed by atoms with Crippen LogP contribution in [-0.4, -0.2) is 65.9 Å². The minimum absolute atomic E-state index is 0.148. The van der Waals surface area contributed by atoms with E-state index >= 15 is 0 Å². The van der Waals surface area contributed by atoms with E-state index in [1.54, 1.807) is 4.90 Å². The predicted octanol–water partition coefficient (Wildman–Crippen LogP) is 3.39. The molecule has 1 unspecified atom stereocenters. The summed E-state index contributed by atoms with van der Waals surface area (Å²) < 4.78 is 10.8. The summed E-state index contributed by atoms with van der Waals surface area (Å²) in [6.07, 6.45) is 2.18. The van der Waals surface area contributed by atoms with Crippen molar-refractivity contribution in [2.45, 2.75) is 64.3 Å². The summed E-state index contributed by atoms with van der Waals surface area (Å²) in [6.45, 7) is 9.18. The van der Waals surface area contributed by atoms with Crippen molar-refractivity contribution in [3.8, 4) is 0 Å². The van der Waals surface area contributed by atoms with Gasteiger partial charge < -0.3 is 19.7 Å². The number of piperidine rings is 1. The summed E-state index contributed by atoms with van der Waals surface area (Å²) in [4.78, 5) is 28.5. The Kier molecular flexibility index (Phi) is 7.00. The van der Waals surface area contributed by atoms with Crippen molar-refractivity contribution in [1.82, 2.24) is 15.1 Å². The van der Waals surface area contributed by atoms with Crippen LogP contribution in [0, 0.1) is 0 Å². The van der Waals surface area contributed by atoms with Crippen LogP contribution in [0.5, 0.6) is 0 Å². The largest absolute Gasteiger partial charge is 0.445 e. The Hall–Kier alpha value is -2.28. The molecule has 2 aliphatic heterocycles. The van der Waals surface area contributed by atoms with E-state index in [0.29, 0.717) is 19.2 Å². The van der Waals surface area contributed by atoms with Crippen molar-refractivity contribution < 1.29 is 19.1 Å². The van der Waals surface area contributed by atoms with E-state index in [9.17, 15) is 9.59 Å². The molecular formula is C22H33N3O4. The summed E-state index contributed by atoms with van der Waals surface area (Å²) in [5.41, 5.74) is 0.517. The van der Waals surface area contributed by atoms with E-state index in [0.717, 1.165) is 44.5 Å². The molecule has 1 aromatic rings. The van der Waals surface area contributed by atoms with Crippen LogP contribution in [0.15, 0.2) is 30.3 Å². The highest BCUT2D eigenvalue weighted by Gasteiger charge is 2.33. The molecule has 0 aromatic heterocycles. The van der Waals surface area contributed by atoms with Gasteiger partial charge in [0.05, 0.1) is 0 Å². The molecule has 7 heteroatoms. The number of amides is 2. The molecule has 2 saturated heterocycles. The molecule has 3 rings (SSSR count). The average Bonchev–Trinajstić information content (AvgIpc) is 3.16. The van der Waals surface area contributed by atoms with Crippen molar-refractivity contribution in [1.29, 1.82) is 0 Å². The molecule has 0 bridgehead atoms. The van der Waals surface area contributed by atoms with Crippen LogP contribution in [0.1, 0.15) is 45.6 Å². The number of nitrogens with zero attached hydrogens (tertiary/aromatic N) is 2. The van der Waals surface area contributed by atoms with Crippen LogP contribution in [0.3, 0.4) is 0 Å². The van der Waals surface area contributed by atoms with E-state index in [4.69, 9.17) is 9.47 Å². The van der Waals surface area contributed by atoms with Crippen LogP contribution >= 0.6 is 0 Å². The summed E-state index contributed by atoms with van der Waals surface area (Å²) in [5, 5.41) is 2.97. The fraction of sp³-hybridized carbons (Fsp3) is 0.636. The SMILES string of the molecule is CC(C)(C)OC(=O)NC1CCN(C2CCN(C(=O)OCc3ccccc3)C2)CC1. The van der Waals surface area contributed by atoms with E-state index in [1.165, 1.54) is 0 Å². The summed E-state index contributed by atoms with van der Waals surface area (Å²) in [5.74, 6) is 0. The first kappa shape index (κ1) is 21.4. The maximum atomic E-state index is 12.4. The lowest BCUT2D eigenvalue weighted by Crippen LogP contribution is -2.49. The van der Waals surface area contributed by atoms with E-state index in [2.05, 4.69) is 10.2 Å². The van der Waals surface area contributed by atoms with Gasteiger partial charge in [-0.25, -0.2) is 9.59 Å². The van der Waals surface area contributed by atoms with Gasteiger partial charge in [0.2, 0.25) is 0 Å². The number of ether oxygens (including phenoxy) is 2. The van der Waals surface area contributed by atoms with E-state index in [-0.39, 0.29) is 18.2 Å². The maximum absolute atomic E-state index is 12.4. The van der Waals surface area contributed by atoms with Gasteiger partial charge in [0.15, 0.2) is 0 Å². The molecule has 0 radical (unpaired) electrons. The molecule has 29 heavy (non-hydrogen) atoms. The predicted molar refractivity (Wildman–Crippen MR) is 111 cm³/mol. The molecule has 2 amide bonds. The Balaban J connectivity index is 1.37. The first-order valence-electron chi connectivity index (χ1n) is 10.5. The van der Waals surface area contributed by atoms with Crippen LogP contribution in [0.2, 0.25) is 0 Å². The van der Waals surface area contributed by atoms with Gasteiger partial charge in [-0.3, -0.25) is 4.90 Å². The quantitative estimate of drug-likeness (QED) is 0.834. The number of hydrogen-bond donors (Lipinski definition) is 1. The molecule has 2 fully saturated rings. The third kappa shape index (κ3) is 6.63. The Bertz CT molecular complexity index is 681. The molecule has 2 aliphatic rings. The fourth-order valence-electron chi connectivity index (χ4n) is 3.90. The number of rotatable bonds is 4. The molecule has 2 heterocycles. The van der Waals surface area contributed by atoms with Crippen molar-refractivity contribution in [2.75, 3.05) is 26.2 Å². The van der Waals surface area contributed by atoms with Gasteiger partial charge in [0.25, 0.3) is 0 Å². The second kappa shape index (κ2) is 9.48. The maximum Gasteiger partial charge on any atom is 0.410 e. The molecule has 1 aromatic carbocycles. The van der Waals surface area contributed by atoms with Gasteiger partial charge in [0, 0.05) is 38.3 Å². The van der Waals surface area contributed by atoms with E-state index in [1.807, 2.05) is 51.1 Å². The van der Waals surface area contributed by atoms with Gasteiger partial charge in [-0.05, 0) is 45.6 Å². The zero-order valence-electron chi connectivity index (χ0n) is 17.7. The monoisotopic (exact) mass is 403 g/mol. The Labute approximate surface area is 173 Å². The number of alkyl carbamates (subject to hydrolysis) is 1. The summed E-state index contributed by atoms with van der Waals surface area (Å²) in [7, 11) is 0. The number of hydrogen-bond acceptors (Lipinski definition) is 5. The first-order chi connectivity index (χ1) is 13.8. The molecule has 1 atom stereocenters. The minimum Gasteiger partial charge on any atom is -0.445 e. The van der Waals surface area contributed by atoms with Crippen LogP contribution in [0.4, 0.5) is 9.59 Å². The van der Waals surface area contributed by atoms with Gasteiger partial charge in [-0.1, -0.05) is 30.3 Å². The highest BCUT2D eigenvalue weighted by molar-refractivity contribution is 5.68. The molecule has 0 aliphatic carbocycles. The highest BCUT2D eigenvalue weighted by Crippen LogP contribution is 2.21. The zero-order chi connectivity index (χ0) is 20.9. The molecule has 0 saturated carbocycles. The third-order valence-corrected chi connectivity index (χ3v) is 5.39. The number of carbonyl (C=O) groups is 2. The van der Waals surface area contributed by atoms with Gasteiger partial charge in [0.1, 0.15) is 12.2 Å². The number of carbonyl (C=O) groups excluding carboxylic acids is 2. The Morgan fingerprint density at radius 3 is 2.41 bits per heavy atom. The van der Waals surface area contributed by atoms with Crippen molar-refractivity contribution in [2.24, 2.45) is 0 Å². The van der Waals surface area contributed by atoms with Gasteiger partial charge in [-0.15, -0.1) is 0 Å². The van der Waals surface area contributed by atoms with Gasteiger partial charge >= 0.3 is 12.2 Å². The third-order valence-electron chi connectivity index (χ3n) is 5.39. The highest BCUT2D eigenvalue weighted by atomic mass is 16.6. The number of benzene rings is 1. The molecule has 160 valence electrons. The number of nitrogens with one attached hydrogen (secondary N) is 1. The molecule has 0 spiro atoms. The van der Waals surface area contributed by atoms with E-state index < -0.39 is 5.60 Å². The molecular weight excluding hydrogens is 370 g/mol. The fourth-order valence-corrected chi connectivity index (χ4v) is 3.90. The topological polar surface area (TPSA) is 71.1 Å². The lowest BCUT2D eigenvalue weighted by atomic mass is 10.0. The van der Waals surface area contributed by atoms with Crippen LogP contribution < -0.4 is 5.32 Å². The normalized spacial score (nSPS) is 21.1. The summed E-state index contributed by atoms with van der Waals surface area (Å²) in [6, 6.07) is 10.2. The standard InChI is InChI=1S/C22H33N3O4/c1-22(2,3)29-20(26)23-18-9-12-24(13-10-18)19-11-14-25(15-19)21(27)28-16-17-7-5-4-6-8-17/h4-8,18-19H,9-16H2,1-3H3,(H,23,26). The second-order valence-corrected chi connectivity index (χ2v) is 8.89. The Morgan fingerprint density at radius 2 is 1.76 bits per heavy atom. The number of likely N-dealkylation sites (tertiary alicyclic amines) is 2. The smallest absolute Gasteiger partial charge is 0.410 e. The molecule has 7 nitrogen and oxygen atoms in total. The van der Waals surface area contributed by atoms with Crippen LogP contribution in [-0.2, 0) is 16.1 Å². The lowest BCUT2D eigenvalue weighted by Gasteiger charge is -2.36. The average molecular weight is 404 g/mol. The van der Waals surface area contributed by atoms with Crippen LogP contribution in [0.25, 0.3) is 0 Å². The second-order valence-electron chi connectivity index (χ2n) is 8.89. The lowest BCUT2D eigenvalue weighted by molar-refractivity contribution is 0.0467. The van der Waals surface area contributed by atoms with Crippen molar-refractivity contribution >= 4 is 12.2 Å². The van der Waals surface area contributed by atoms with Gasteiger partial charge in [-0.2, -0.15) is 0 Å².